The number of aliphatic hydroxyl groups is 1. The van der Waals surface area contributed by atoms with E-state index in [0.717, 1.165) is 6.07 Å². The number of rotatable bonds is 6. The highest BCUT2D eigenvalue weighted by Gasteiger charge is 2.10. The van der Waals surface area contributed by atoms with Crippen molar-refractivity contribution in [3.63, 3.8) is 0 Å². The normalized spacial score (nSPS) is 12.3. The van der Waals surface area contributed by atoms with Crippen molar-refractivity contribution in [2.75, 3.05) is 13.2 Å². The average Bonchev–Trinajstić information content (AvgIpc) is 2.33. The molecule has 19 heavy (non-hydrogen) atoms. The number of carbonyl (C=O) groups is 1. The van der Waals surface area contributed by atoms with Gasteiger partial charge in [-0.15, -0.1) is 0 Å². The maximum atomic E-state index is 13.5. The minimum Gasteiger partial charge on any atom is -0.484 e. The molecule has 0 bridgehead atoms. The lowest BCUT2D eigenvalue weighted by Gasteiger charge is -2.11. The second kappa shape index (κ2) is 7.09. The van der Waals surface area contributed by atoms with Gasteiger partial charge in [0.15, 0.2) is 6.61 Å². The van der Waals surface area contributed by atoms with Gasteiger partial charge in [-0.1, -0.05) is 13.8 Å². The molecule has 2 N–H and O–H groups in total. The summed E-state index contributed by atoms with van der Waals surface area (Å²) in [5, 5.41) is 12.0. The molecule has 0 aliphatic carbocycles. The quantitative estimate of drug-likeness (QED) is 0.830. The Hall–Kier alpha value is -1.62. The fraction of sp³-hybridized carbons (Fsp3) is 0.500. The number of carbonyl (C=O) groups excluding carboxylic acids is 1. The van der Waals surface area contributed by atoms with Crippen LogP contribution in [0.3, 0.4) is 0 Å². The molecule has 0 spiro atoms. The van der Waals surface area contributed by atoms with Gasteiger partial charge in [0.05, 0.1) is 6.10 Å². The third-order valence-corrected chi connectivity index (χ3v) is 2.50. The third-order valence-electron chi connectivity index (χ3n) is 2.50. The van der Waals surface area contributed by atoms with Crippen LogP contribution in [-0.2, 0) is 4.79 Å². The van der Waals surface area contributed by atoms with Gasteiger partial charge in [0, 0.05) is 18.2 Å². The van der Waals surface area contributed by atoms with E-state index >= 15 is 0 Å². The maximum absolute atomic E-state index is 13.5. The SMILES string of the molecule is CC(C)CNC(=O)COc1ccc([C@@H](C)O)c(F)c1. The van der Waals surface area contributed by atoms with Crippen LogP contribution in [0.2, 0.25) is 0 Å². The molecular weight excluding hydrogens is 249 g/mol. The summed E-state index contributed by atoms with van der Waals surface area (Å²) >= 11 is 0. The van der Waals surface area contributed by atoms with Crippen LogP contribution < -0.4 is 10.1 Å². The first-order chi connectivity index (χ1) is 8.90. The lowest BCUT2D eigenvalue weighted by atomic mass is 10.1. The molecule has 0 aromatic heterocycles. The number of ether oxygens (including phenoxy) is 1. The minimum absolute atomic E-state index is 0.153. The molecular formula is C14H20FNO3. The Kier molecular flexibility index (Phi) is 5.76. The van der Waals surface area contributed by atoms with Crippen molar-refractivity contribution in [3.8, 4) is 5.75 Å². The number of hydrogen-bond donors (Lipinski definition) is 2. The first-order valence-electron chi connectivity index (χ1n) is 6.27. The van der Waals surface area contributed by atoms with Crippen LogP contribution in [0.1, 0.15) is 32.4 Å². The van der Waals surface area contributed by atoms with Crippen LogP contribution in [0, 0.1) is 11.7 Å². The van der Waals surface area contributed by atoms with E-state index in [1.165, 1.54) is 19.1 Å². The van der Waals surface area contributed by atoms with Gasteiger partial charge in [-0.2, -0.15) is 0 Å². The Morgan fingerprint density at radius 3 is 2.63 bits per heavy atom. The average molecular weight is 269 g/mol. The minimum atomic E-state index is -0.872. The van der Waals surface area contributed by atoms with E-state index in [4.69, 9.17) is 4.74 Å². The summed E-state index contributed by atoms with van der Waals surface area (Å²) in [6.07, 6.45) is -0.872. The summed E-state index contributed by atoms with van der Waals surface area (Å²) in [6, 6.07) is 4.14. The third kappa shape index (κ3) is 5.26. The zero-order chi connectivity index (χ0) is 14.4. The van der Waals surface area contributed by atoms with Gasteiger partial charge in [0.1, 0.15) is 11.6 Å². The summed E-state index contributed by atoms with van der Waals surface area (Å²) in [6.45, 7) is 5.90. The predicted molar refractivity (Wildman–Crippen MR) is 70.4 cm³/mol. The zero-order valence-corrected chi connectivity index (χ0v) is 11.4. The molecule has 1 amide bonds. The molecule has 1 aromatic carbocycles. The fourth-order valence-corrected chi connectivity index (χ4v) is 1.45. The summed E-state index contributed by atoms with van der Waals surface area (Å²) in [5.74, 6) is -0.155. The van der Waals surface area contributed by atoms with Gasteiger partial charge in [-0.3, -0.25) is 4.79 Å². The van der Waals surface area contributed by atoms with E-state index in [-0.39, 0.29) is 23.8 Å². The maximum Gasteiger partial charge on any atom is 0.257 e. The standard InChI is InChI=1S/C14H20FNO3/c1-9(2)7-16-14(18)8-19-11-4-5-12(10(3)17)13(15)6-11/h4-6,9-10,17H,7-8H2,1-3H3,(H,16,18)/t10-/m1/s1. The van der Waals surface area contributed by atoms with Crippen LogP contribution in [-0.4, -0.2) is 24.2 Å². The molecule has 0 fully saturated rings. The first kappa shape index (κ1) is 15.4. The molecule has 0 saturated carbocycles. The van der Waals surface area contributed by atoms with E-state index in [1.54, 1.807) is 0 Å². The van der Waals surface area contributed by atoms with Crippen LogP contribution >= 0.6 is 0 Å². The molecule has 0 saturated heterocycles. The molecule has 0 aliphatic heterocycles. The summed E-state index contributed by atoms with van der Waals surface area (Å²) < 4.78 is 18.7. The highest BCUT2D eigenvalue weighted by atomic mass is 19.1. The Morgan fingerprint density at radius 1 is 1.42 bits per heavy atom. The van der Waals surface area contributed by atoms with Crippen molar-refractivity contribution in [2.45, 2.75) is 26.9 Å². The first-order valence-corrected chi connectivity index (χ1v) is 6.27. The Morgan fingerprint density at radius 2 is 2.11 bits per heavy atom. The number of hydrogen-bond acceptors (Lipinski definition) is 3. The summed E-state index contributed by atoms with van der Waals surface area (Å²) in [4.78, 5) is 11.4. The molecule has 1 aromatic rings. The predicted octanol–water partition coefficient (Wildman–Crippen LogP) is 2.03. The lowest BCUT2D eigenvalue weighted by molar-refractivity contribution is -0.123. The van der Waals surface area contributed by atoms with Crippen LogP contribution in [0.25, 0.3) is 0 Å². The Bertz CT molecular complexity index is 433. The van der Waals surface area contributed by atoms with Crippen molar-refractivity contribution in [1.29, 1.82) is 0 Å². The monoisotopic (exact) mass is 269 g/mol. The molecule has 0 aliphatic rings. The molecule has 5 heteroatoms. The van der Waals surface area contributed by atoms with Crippen molar-refractivity contribution in [2.24, 2.45) is 5.92 Å². The molecule has 0 heterocycles. The Balaban J connectivity index is 2.50. The van der Waals surface area contributed by atoms with E-state index in [0.29, 0.717) is 12.5 Å². The zero-order valence-electron chi connectivity index (χ0n) is 11.4. The molecule has 1 rings (SSSR count). The second-order valence-corrected chi connectivity index (χ2v) is 4.85. The van der Waals surface area contributed by atoms with Crippen LogP contribution in [0.15, 0.2) is 18.2 Å². The van der Waals surface area contributed by atoms with Gasteiger partial charge in [-0.05, 0) is 25.0 Å². The van der Waals surface area contributed by atoms with Crippen LogP contribution in [0.4, 0.5) is 4.39 Å². The molecule has 4 nitrogen and oxygen atoms in total. The number of halogens is 1. The number of aliphatic hydroxyl groups excluding tert-OH is 1. The van der Waals surface area contributed by atoms with Gasteiger partial charge in [0.2, 0.25) is 0 Å². The van der Waals surface area contributed by atoms with Crippen LogP contribution in [0.5, 0.6) is 5.75 Å². The van der Waals surface area contributed by atoms with Gasteiger partial charge in [0.25, 0.3) is 5.91 Å². The van der Waals surface area contributed by atoms with Gasteiger partial charge in [-0.25, -0.2) is 4.39 Å². The number of amides is 1. The fourth-order valence-electron chi connectivity index (χ4n) is 1.45. The smallest absolute Gasteiger partial charge is 0.257 e. The topological polar surface area (TPSA) is 58.6 Å². The molecule has 0 radical (unpaired) electrons. The van der Waals surface area contributed by atoms with E-state index in [2.05, 4.69) is 5.32 Å². The van der Waals surface area contributed by atoms with E-state index < -0.39 is 11.9 Å². The highest BCUT2D eigenvalue weighted by Crippen LogP contribution is 2.21. The summed E-state index contributed by atoms with van der Waals surface area (Å²) in [7, 11) is 0. The number of nitrogens with one attached hydrogen (secondary N) is 1. The molecule has 1 atom stereocenters. The highest BCUT2D eigenvalue weighted by molar-refractivity contribution is 5.77. The van der Waals surface area contributed by atoms with Crippen molar-refractivity contribution in [1.82, 2.24) is 5.32 Å². The lowest BCUT2D eigenvalue weighted by Crippen LogP contribution is -2.31. The largest absolute Gasteiger partial charge is 0.484 e. The second-order valence-electron chi connectivity index (χ2n) is 4.85. The van der Waals surface area contributed by atoms with E-state index in [1.807, 2.05) is 13.8 Å². The number of benzene rings is 1. The van der Waals surface area contributed by atoms with Crippen molar-refractivity contribution in [3.05, 3.63) is 29.6 Å². The summed E-state index contributed by atoms with van der Waals surface area (Å²) in [5.41, 5.74) is 0.205. The van der Waals surface area contributed by atoms with Gasteiger partial charge < -0.3 is 15.2 Å². The van der Waals surface area contributed by atoms with Crippen molar-refractivity contribution >= 4 is 5.91 Å². The van der Waals surface area contributed by atoms with Gasteiger partial charge >= 0.3 is 0 Å². The van der Waals surface area contributed by atoms with Crippen molar-refractivity contribution < 1.29 is 19.0 Å². The molecule has 0 unspecified atom stereocenters. The van der Waals surface area contributed by atoms with E-state index in [9.17, 15) is 14.3 Å². The molecule has 106 valence electrons. The Labute approximate surface area is 112 Å².